The number of aromatic nitrogens is 2. The molecule has 0 unspecified atom stereocenters. The Labute approximate surface area is 205 Å². The summed E-state index contributed by atoms with van der Waals surface area (Å²) < 4.78 is 22.0. The number of benzene rings is 2. The van der Waals surface area contributed by atoms with Gasteiger partial charge in [-0.1, -0.05) is 12.1 Å². The number of ether oxygens (including phenoxy) is 4. The lowest BCUT2D eigenvalue weighted by Crippen LogP contribution is -2.50. The molecule has 35 heavy (non-hydrogen) atoms. The second kappa shape index (κ2) is 11.4. The predicted octanol–water partition coefficient (Wildman–Crippen LogP) is 3.29. The molecule has 1 fully saturated rings. The smallest absolute Gasteiger partial charge is 0.260 e. The Kier molecular flexibility index (Phi) is 7.87. The lowest BCUT2D eigenvalue weighted by atomic mass is 10.1. The molecule has 0 radical (unpaired) electrons. The molecule has 9 nitrogen and oxygen atoms in total. The summed E-state index contributed by atoms with van der Waals surface area (Å²) in [6, 6.07) is 16.9. The summed E-state index contributed by atoms with van der Waals surface area (Å²) in [5.41, 5.74) is 1.64. The van der Waals surface area contributed by atoms with Crippen LogP contribution in [0.2, 0.25) is 0 Å². The van der Waals surface area contributed by atoms with E-state index in [9.17, 15) is 4.79 Å². The van der Waals surface area contributed by atoms with Crippen LogP contribution >= 0.6 is 0 Å². The zero-order valence-electron chi connectivity index (χ0n) is 20.3. The van der Waals surface area contributed by atoms with Crippen LogP contribution in [0, 0.1) is 0 Å². The van der Waals surface area contributed by atoms with E-state index in [1.165, 1.54) is 0 Å². The molecule has 4 rings (SSSR count). The van der Waals surface area contributed by atoms with E-state index < -0.39 is 0 Å². The molecule has 0 spiro atoms. The first-order chi connectivity index (χ1) is 17.1. The van der Waals surface area contributed by atoms with Gasteiger partial charge >= 0.3 is 0 Å². The largest absolute Gasteiger partial charge is 0.493 e. The summed E-state index contributed by atoms with van der Waals surface area (Å²) >= 11 is 0. The summed E-state index contributed by atoms with van der Waals surface area (Å²) in [7, 11) is 3.21. The molecule has 1 saturated heterocycles. The van der Waals surface area contributed by atoms with Crippen molar-refractivity contribution in [2.75, 3.05) is 58.5 Å². The molecule has 1 amide bonds. The molecule has 0 bridgehead atoms. The van der Waals surface area contributed by atoms with E-state index in [2.05, 4.69) is 15.1 Å². The average molecular weight is 479 g/mol. The van der Waals surface area contributed by atoms with Crippen LogP contribution in [0.3, 0.4) is 0 Å². The van der Waals surface area contributed by atoms with Crippen LogP contribution in [-0.4, -0.2) is 74.6 Å². The lowest BCUT2D eigenvalue weighted by Gasteiger charge is -2.35. The summed E-state index contributed by atoms with van der Waals surface area (Å²) in [4.78, 5) is 16.6. The van der Waals surface area contributed by atoms with Crippen molar-refractivity contribution >= 4 is 11.7 Å². The maximum Gasteiger partial charge on any atom is 0.260 e. The SMILES string of the molecule is CCOc1ccccc1OCC(=O)N1CCN(c2ccc(-c3ccc(OC)c(OC)c3)nn2)CC1. The summed E-state index contributed by atoms with van der Waals surface area (Å²) in [5, 5.41) is 8.81. The molecule has 2 heterocycles. The van der Waals surface area contributed by atoms with E-state index >= 15 is 0 Å². The summed E-state index contributed by atoms with van der Waals surface area (Å²) in [6.45, 7) is 4.95. The highest BCUT2D eigenvalue weighted by molar-refractivity contribution is 5.78. The first-order valence-corrected chi connectivity index (χ1v) is 11.6. The van der Waals surface area contributed by atoms with Crippen LogP contribution in [0.25, 0.3) is 11.3 Å². The van der Waals surface area contributed by atoms with Crippen LogP contribution in [0.5, 0.6) is 23.0 Å². The third kappa shape index (κ3) is 5.74. The number of piperazine rings is 1. The molecule has 0 aliphatic carbocycles. The van der Waals surface area contributed by atoms with E-state index in [0.717, 1.165) is 17.1 Å². The van der Waals surface area contributed by atoms with Gasteiger partial charge in [-0.15, -0.1) is 10.2 Å². The number of hydrogen-bond acceptors (Lipinski definition) is 8. The van der Waals surface area contributed by atoms with Crippen LogP contribution in [0.15, 0.2) is 54.6 Å². The number of rotatable bonds is 9. The Morgan fingerprint density at radius 1 is 0.829 bits per heavy atom. The molecule has 0 saturated carbocycles. The minimum atomic E-state index is -0.0502. The van der Waals surface area contributed by atoms with Crippen molar-refractivity contribution in [2.24, 2.45) is 0 Å². The van der Waals surface area contributed by atoms with Gasteiger partial charge in [0, 0.05) is 31.7 Å². The molecule has 1 aliphatic rings. The summed E-state index contributed by atoms with van der Waals surface area (Å²) in [5.74, 6) is 3.25. The standard InChI is InChI=1S/C26H30N4O5/c1-4-34-22-7-5-6-8-23(22)35-18-26(31)30-15-13-29(14-16-30)25-12-10-20(27-28-25)19-9-11-21(32-2)24(17-19)33-3/h5-12,17H,4,13-16,18H2,1-3H3. The quantitative estimate of drug-likeness (QED) is 0.463. The molecular formula is C26H30N4O5. The van der Waals surface area contributed by atoms with Crippen molar-refractivity contribution in [3.63, 3.8) is 0 Å². The number of anilines is 1. The number of para-hydroxylation sites is 2. The number of nitrogens with zero attached hydrogens (tertiary/aromatic N) is 4. The minimum Gasteiger partial charge on any atom is -0.493 e. The second-order valence-corrected chi connectivity index (χ2v) is 7.88. The van der Waals surface area contributed by atoms with Crippen LogP contribution in [0.4, 0.5) is 5.82 Å². The summed E-state index contributed by atoms with van der Waals surface area (Å²) in [6.07, 6.45) is 0. The van der Waals surface area contributed by atoms with E-state index in [1.54, 1.807) is 20.3 Å². The molecule has 1 aromatic heterocycles. The predicted molar refractivity (Wildman–Crippen MR) is 132 cm³/mol. The van der Waals surface area contributed by atoms with Crippen molar-refractivity contribution in [1.82, 2.24) is 15.1 Å². The van der Waals surface area contributed by atoms with Crippen molar-refractivity contribution in [3.8, 4) is 34.3 Å². The number of carbonyl (C=O) groups excluding carboxylic acids is 1. The molecule has 3 aromatic rings. The second-order valence-electron chi connectivity index (χ2n) is 7.88. The van der Waals surface area contributed by atoms with Gasteiger partial charge in [-0.3, -0.25) is 4.79 Å². The van der Waals surface area contributed by atoms with Gasteiger partial charge in [-0.2, -0.15) is 0 Å². The number of methoxy groups -OCH3 is 2. The topological polar surface area (TPSA) is 86.3 Å². The minimum absolute atomic E-state index is 0.0239. The zero-order valence-corrected chi connectivity index (χ0v) is 20.3. The number of carbonyl (C=O) groups is 1. The Morgan fingerprint density at radius 2 is 1.54 bits per heavy atom. The first kappa shape index (κ1) is 24.1. The highest BCUT2D eigenvalue weighted by Gasteiger charge is 2.23. The van der Waals surface area contributed by atoms with Gasteiger partial charge in [0.05, 0.1) is 26.5 Å². The molecular weight excluding hydrogens is 448 g/mol. The maximum atomic E-state index is 12.7. The van der Waals surface area contributed by atoms with Gasteiger partial charge in [-0.05, 0) is 49.4 Å². The van der Waals surface area contributed by atoms with Crippen LogP contribution in [-0.2, 0) is 4.79 Å². The molecule has 0 N–H and O–H groups in total. The van der Waals surface area contributed by atoms with Crippen LogP contribution in [0.1, 0.15) is 6.92 Å². The molecule has 2 aromatic carbocycles. The Morgan fingerprint density at radius 3 is 2.17 bits per heavy atom. The van der Waals surface area contributed by atoms with Crippen molar-refractivity contribution in [1.29, 1.82) is 0 Å². The fraction of sp³-hybridized carbons (Fsp3) is 0.346. The fourth-order valence-electron chi connectivity index (χ4n) is 3.90. The first-order valence-electron chi connectivity index (χ1n) is 11.6. The molecule has 0 atom stereocenters. The van der Waals surface area contributed by atoms with E-state index in [1.807, 2.05) is 60.4 Å². The Bertz CT molecular complexity index is 1130. The average Bonchev–Trinajstić information content (AvgIpc) is 2.92. The maximum absolute atomic E-state index is 12.7. The van der Waals surface area contributed by atoms with Crippen molar-refractivity contribution < 1.29 is 23.7 Å². The van der Waals surface area contributed by atoms with Gasteiger partial charge < -0.3 is 28.7 Å². The molecule has 1 aliphatic heterocycles. The normalized spacial score (nSPS) is 13.3. The fourth-order valence-corrected chi connectivity index (χ4v) is 3.90. The van der Waals surface area contributed by atoms with Crippen molar-refractivity contribution in [2.45, 2.75) is 6.92 Å². The van der Waals surface area contributed by atoms with Crippen LogP contribution < -0.4 is 23.8 Å². The highest BCUT2D eigenvalue weighted by Crippen LogP contribution is 2.31. The lowest BCUT2D eigenvalue weighted by molar-refractivity contribution is -0.133. The van der Waals surface area contributed by atoms with Gasteiger partial charge in [0.1, 0.15) is 0 Å². The third-order valence-electron chi connectivity index (χ3n) is 5.79. The molecule has 9 heteroatoms. The number of amides is 1. The van der Waals surface area contributed by atoms with Gasteiger partial charge in [0.2, 0.25) is 0 Å². The highest BCUT2D eigenvalue weighted by atomic mass is 16.5. The van der Waals surface area contributed by atoms with Gasteiger partial charge in [0.25, 0.3) is 5.91 Å². The van der Waals surface area contributed by atoms with E-state index in [4.69, 9.17) is 18.9 Å². The number of hydrogen-bond donors (Lipinski definition) is 0. The van der Waals surface area contributed by atoms with E-state index in [0.29, 0.717) is 55.8 Å². The van der Waals surface area contributed by atoms with Crippen molar-refractivity contribution in [3.05, 3.63) is 54.6 Å². The van der Waals surface area contributed by atoms with Gasteiger partial charge in [0.15, 0.2) is 35.4 Å². The van der Waals surface area contributed by atoms with E-state index in [-0.39, 0.29) is 12.5 Å². The Hall–Kier alpha value is -4.01. The molecule has 184 valence electrons. The van der Waals surface area contributed by atoms with Gasteiger partial charge in [-0.25, -0.2) is 0 Å². The zero-order chi connectivity index (χ0) is 24.6. The monoisotopic (exact) mass is 478 g/mol. The third-order valence-corrected chi connectivity index (χ3v) is 5.79. The Balaban J connectivity index is 1.31.